The summed E-state index contributed by atoms with van der Waals surface area (Å²) >= 11 is 6.00. The molecule has 0 aromatic heterocycles. The molecule has 2 nitrogen and oxygen atoms in total. The van der Waals surface area contributed by atoms with E-state index in [1.165, 1.54) is 12.1 Å². The molecule has 2 aromatic carbocycles. The predicted molar refractivity (Wildman–Crippen MR) is 86.7 cm³/mol. The van der Waals surface area contributed by atoms with Crippen molar-refractivity contribution in [2.45, 2.75) is 31.6 Å². The quantitative estimate of drug-likeness (QED) is 0.861. The Balaban J connectivity index is 1.89. The standard InChI is InChI=1S/C18H17ClFNO/c1-12-3-6-14(19)11-16(12)21-17(22)18(9-2-10-18)13-4-7-15(20)8-5-13/h3-8,11H,2,9-10H2,1H3,(H,21,22). The van der Waals surface area contributed by atoms with Crippen LogP contribution in [0.2, 0.25) is 5.02 Å². The third-order valence-electron chi connectivity index (χ3n) is 4.49. The van der Waals surface area contributed by atoms with Crippen LogP contribution in [0.1, 0.15) is 30.4 Å². The summed E-state index contributed by atoms with van der Waals surface area (Å²) < 4.78 is 13.1. The lowest BCUT2D eigenvalue weighted by Crippen LogP contribution is -2.46. The topological polar surface area (TPSA) is 29.1 Å². The van der Waals surface area contributed by atoms with Crippen LogP contribution < -0.4 is 5.32 Å². The normalized spacial score (nSPS) is 16.0. The van der Waals surface area contributed by atoms with Gasteiger partial charge in [0, 0.05) is 10.7 Å². The van der Waals surface area contributed by atoms with Crippen LogP contribution in [-0.4, -0.2) is 5.91 Å². The summed E-state index contributed by atoms with van der Waals surface area (Å²) in [5.41, 5.74) is 2.01. The van der Waals surface area contributed by atoms with Crippen molar-refractivity contribution in [2.75, 3.05) is 5.32 Å². The lowest BCUT2D eigenvalue weighted by atomic mass is 9.63. The molecule has 1 N–H and O–H groups in total. The predicted octanol–water partition coefficient (Wildman–Crippen LogP) is 4.85. The fraction of sp³-hybridized carbons (Fsp3) is 0.278. The van der Waals surface area contributed by atoms with E-state index in [0.29, 0.717) is 5.02 Å². The number of hydrogen-bond acceptors (Lipinski definition) is 1. The van der Waals surface area contributed by atoms with Crippen LogP contribution in [0, 0.1) is 12.7 Å². The van der Waals surface area contributed by atoms with Crippen LogP contribution in [0.15, 0.2) is 42.5 Å². The maximum absolute atomic E-state index is 13.1. The van der Waals surface area contributed by atoms with E-state index in [1.54, 1.807) is 24.3 Å². The van der Waals surface area contributed by atoms with Gasteiger partial charge in [0.05, 0.1) is 5.41 Å². The molecule has 2 aromatic rings. The molecule has 0 spiro atoms. The first kappa shape index (κ1) is 15.0. The van der Waals surface area contributed by atoms with Crippen LogP contribution in [0.25, 0.3) is 0 Å². The molecule has 1 saturated carbocycles. The van der Waals surface area contributed by atoms with Gasteiger partial charge in [-0.25, -0.2) is 4.39 Å². The minimum atomic E-state index is -0.553. The molecule has 0 bridgehead atoms. The van der Waals surface area contributed by atoms with E-state index in [4.69, 9.17) is 11.6 Å². The fourth-order valence-electron chi connectivity index (χ4n) is 2.92. The second-order valence-corrected chi connectivity index (χ2v) is 6.29. The van der Waals surface area contributed by atoms with E-state index in [2.05, 4.69) is 5.32 Å². The molecule has 114 valence electrons. The number of amides is 1. The Morgan fingerprint density at radius 1 is 1.18 bits per heavy atom. The van der Waals surface area contributed by atoms with Gasteiger partial charge in [-0.2, -0.15) is 0 Å². The van der Waals surface area contributed by atoms with Crippen LogP contribution in [0.4, 0.5) is 10.1 Å². The van der Waals surface area contributed by atoms with E-state index in [9.17, 15) is 9.18 Å². The maximum atomic E-state index is 13.1. The Morgan fingerprint density at radius 2 is 1.86 bits per heavy atom. The highest BCUT2D eigenvalue weighted by Gasteiger charge is 2.45. The Morgan fingerprint density at radius 3 is 2.45 bits per heavy atom. The molecule has 0 atom stereocenters. The van der Waals surface area contributed by atoms with Gasteiger partial charge in [-0.15, -0.1) is 0 Å². The van der Waals surface area contributed by atoms with E-state index in [-0.39, 0.29) is 11.7 Å². The van der Waals surface area contributed by atoms with Crippen molar-refractivity contribution in [1.29, 1.82) is 0 Å². The summed E-state index contributed by atoms with van der Waals surface area (Å²) in [6.07, 6.45) is 2.56. The van der Waals surface area contributed by atoms with Crippen LogP contribution >= 0.6 is 11.6 Å². The lowest BCUT2D eigenvalue weighted by Gasteiger charge is -2.40. The zero-order valence-corrected chi connectivity index (χ0v) is 13.1. The number of nitrogens with one attached hydrogen (secondary N) is 1. The number of rotatable bonds is 3. The Labute approximate surface area is 134 Å². The molecule has 0 radical (unpaired) electrons. The summed E-state index contributed by atoms with van der Waals surface area (Å²) in [6, 6.07) is 11.7. The Hall–Kier alpha value is -1.87. The average molecular weight is 318 g/mol. The minimum absolute atomic E-state index is 0.0456. The van der Waals surface area contributed by atoms with Gasteiger partial charge in [0.15, 0.2) is 0 Å². The van der Waals surface area contributed by atoms with Crippen LogP contribution in [0.5, 0.6) is 0 Å². The van der Waals surface area contributed by atoms with Crippen LogP contribution in [0.3, 0.4) is 0 Å². The van der Waals surface area contributed by atoms with E-state index in [1.807, 2.05) is 13.0 Å². The van der Waals surface area contributed by atoms with Crippen molar-refractivity contribution >= 4 is 23.2 Å². The molecule has 1 aliphatic carbocycles. The molecule has 0 aliphatic heterocycles. The summed E-state index contributed by atoms with van der Waals surface area (Å²) in [7, 11) is 0. The van der Waals surface area contributed by atoms with Crippen molar-refractivity contribution in [3.05, 3.63) is 64.4 Å². The highest BCUT2D eigenvalue weighted by atomic mass is 35.5. The second kappa shape index (κ2) is 5.73. The summed E-state index contributed by atoms with van der Waals surface area (Å²) in [5, 5.41) is 3.58. The van der Waals surface area contributed by atoms with Crippen molar-refractivity contribution < 1.29 is 9.18 Å². The number of benzene rings is 2. The van der Waals surface area contributed by atoms with Crippen molar-refractivity contribution in [1.82, 2.24) is 0 Å². The molecule has 1 aliphatic rings. The molecule has 0 saturated heterocycles. The largest absolute Gasteiger partial charge is 0.325 e. The Bertz CT molecular complexity index is 708. The molecule has 0 heterocycles. The summed E-state index contributed by atoms with van der Waals surface area (Å²) in [5.74, 6) is -0.333. The van der Waals surface area contributed by atoms with Gasteiger partial charge in [0.1, 0.15) is 5.82 Å². The number of hydrogen-bond donors (Lipinski definition) is 1. The summed E-state index contributed by atoms with van der Waals surface area (Å²) in [6.45, 7) is 1.93. The molecule has 1 amide bonds. The van der Waals surface area contributed by atoms with Gasteiger partial charge in [0.2, 0.25) is 5.91 Å². The van der Waals surface area contributed by atoms with Gasteiger partial charge in [-0.1, -0.05) is 36.2 Å². The van der Waals surface area contributed by atoms with Crippen molar-refractivity contribution in [2.24, 2.45) is 0 Å². The van der Waals surface area contributed by atoms with Gasteiger partial charge < -0.3 is 5.32 Å². The number of carbonyl (C=O) groups is 1. The van der Waals surface area contributed by atoms with Crippen molar-refractivity contribution in [3.63, 3.8) is 0 Å². The number of halogens is 2. The first-order valence-corrected chi connectivity index (χ1v) is 7.73. The van der Waals surface area contributed by atoms with E-state index >= 15 is 0 Å². The lowest BCUT2D eigenvalue weighted by molar-refractivity contribution is -0.124. The first-order chi connectivity index (χ1) is 10.5. The maximum Gasteiger partial charge on any atom is 0.235 e. The molecule has 1 fully saturated rings. The molecule has 4 heteroatoms. The monoisotopic (exact) mass is 317 g/mol. The number of carbonyl (C=O) groups excluding carboxylic acids is 1. The smallest absolute Gasteiger partial charge is 0.235 e. The highest BCUT2D eigenvalue weighted by Crippen LogP contribution is 2.44. The zero-order valence-electron chi connectivity index (χ0n) is 12.3. The molecular weight excluding hydrogens is 301 g/mol. The Kier molecular flexibility index (Phi) is 3.92. The van der Waals surface area contributed by atoms with Gasteiger partial charge in [0.25, 0.3) is 0 Å². The minimum Gasteiger partial charge on any atom is -0.325 e. The SMILES string of the molecule is Cc1ccc(Cl)cc1NC(=O)C1(c2ccc(F)cc2)CCC1. The second-order valence-electron chi connectivity index (χ2n) is 5.86. The number of aryl methyl sites for hydroxylation is 1. The zero-order chi connectivity index (χ0) is 15.7. The molecular formula is C18H17ClFNO. The third-order valence-corrected chi connectivity index (χ3v) is 4.72. The van der Waals surface area contributed by atoms with Gasteiger partial charge >= 0.3 is 0 Å². The van der Waals surface area contributed by atoms with E-state index < -0.39 is 5.41 Å². The first-order valence-electron chi connectivity index (χ1n) is 7.35. The van der Waals surface area contributed by atoms with Gasteiger partial charge in [-0.05, 0) is 55.2 Å². The average Bonchev–Trinajstić information content (AvgIpc) is 2.44. The van der Waals surface area contributed by atoms with Crippen LogP contribution in [-0.2, 0) is 10.2 Å². The molecule has 3 rings (SSSR count). The number of anilines is 1. The van der Waals surface area contributed by atoms with E-state index in [0.717, 1.165) is 36.1 Å². The molecule has 22 heavy (non-hydrogen) atoms. The molecule has 0 unspecified atom stereocenters. The highest BCUT2D eigenvalue weighted by molar-refractivity contribution is 6.31. The van der Waals surface area contributed by atoms with Gasteiger partial charge in [-0.3, -0.25) is 4.79 Å². The fourth-order valence-corrected chi connectivity index (χ4v) is 3.09. The third kappa shape index (κ3) is 2.61. The van der Waals surface area contributed by atoms with Crippen molar-refractivity contribution in [3.8, 4) is 0 Å². The summed E-state index contributed by atoms with van der Waals surface area (Å²) in [4.78, 5) is 12.8.